The van der Waals surface area contributed by atoms with Crippen molar-refractivity contribution in [3.63, 3.8) is 0 Å². The Labute approximate surface area is 109 Å². The number of aromatic nitrogens is 2. The third-order valence-electron chi connectivity index (χ3n) is 2.72. The van der Waals surface area contributed by atoms with E-state index in [0.717, 1.165) is 0 Å². The van der Waals surface area contributed by atoms with Crippen LogP contribution in [0.3, 0.4) is 0 Å². The van der Waals surface area contributed by atoms with Gasteiger partial charge in [0, 0.05) is 29.5 Å². The maximum absolute atomic E-state index is 4.15. The van der Waals surface area contributed by atoms with Gasteiger partial charge in [0.2, 0.25) is 0 Å². The average molecular weight is 242 g/mol. The monoisotopic (exact) mass is 242 g/mol. The van der Waals surface area contributed by atoms with Gasteiger partial charge in [0.25, 0.3) is 0 Å². The summed E-state index contributed by atoms with van der Waals surface area (Å²) in [5.41, 5.74) is 2.45. The summed E-state index contributed by atoms with van der Waals surface area (Å²) in [5.74, 6) is 0. The summed E-state index contributed by atoms with van der Waals surface area (Å²) >= 11 is 0. The van der Waals surface area contributed by atoms with Gasteiger partial charge in [-0.25, -0.2) is 0 Å². The van der Waals surface area contributed by atoms with Crippen LogP contribution in [0, 0.1) is 0 Å². The molecule has 3 aromatic rings. The molecule has 0 saturated carbocycles. The van der Waals surface area contributed by atoms with Crippen molar-refractivity contribution in [2.45, 2.75) is 27.7 Å². The Bertz CT molecular complexity index is 555. The highest BCUT2D eigenvalue weighted by atomic mass is 14.9. The van der Waals surface area contributed by atoms with Crippen molar-refractivity contribution in [1.29, 1.82) is 0 Å². The molecule has 0 aliphatic rings. The fourth-order valence-corrected chi connectivity index (χ4v) is 2.00. The maximum atomic E-state index is 4.15. The number of aryl methyl sites for hydroxylation is 1. The van der Waals surface area contributed by atoms with Crippen LogP contribution < -0.4 is 0 Å². The summed E-state index contributed by atoms with van der Waals surface area (Å²) in [6.45, 7) is 8.00. The molecule has 0 unspecified atom stereocenters. The van der Waals surface area contributed by atoms with E-state index in [1.165, 1.54) is 21.8 Å². The number of benzene rings is 1. The molecule has 0 fully saturated rings. The molecule has 3 rings (SSSR count). The molecular formula is C16H22N2. The quantitative estimate of drug-likeness (QED) is 0.554. The van der Waals surface area contributed by atoms with E-state index in [1.54, 1.807) is 0 Å². The lowest BCUT2D eigenvalue weighted by Crippen LogP contribution is -1.85. The van der Waals surface area contributed by atoms with Gasteiger partial charge < -0.3 is 4.57 Å². The van der Waals surface area contributed by atoms with Gasteiger partial charge >= 0.3 is 0 Å². The first-order valence-electron chi connectivity index (χ1n) is 6.65. The third-order valence-corrected chi connectivity index (χ3v) is 2.72. The molecule has 0 atom stereocenters. The first-order chi connectivity index (χ1) is 8.88. The SMILES string of the molecule is CC.CC.Cn1c2ccccc2c2ccncc21. The Kier molecular flexibility index (Phi) is 5.37. The van der Waals surface area contributed by atoms with Crippen LogP contribution in [0.15, 0.2) is 42.7 Å². The van der Waals surface area contributed by atoms with E-state index in [9.17, 15) is 0 Å². The lowest BCUT2D eigenvalue weighted by molar-refractivity contribution is 1.01. The van der Waals surface area contributed by atoms with Crippen molar-refractivity contribution in [3.8, 4) is 0 Å². The fourth-order valence-electron chi connectivity index (χ4n) is 2.00. The zero-order valence-electron chi connectivity index (χ0n) is 11.9. The van der Waals surface area contributed by atoms with Crippen molar-refractivity contribution in [2.75, 3.05) is 0 Å². The molecule has 1 aromatic carbocycles. The minimum Gasteiger partial charge on any atom is -0.342 e. The smallest absolute Gasteiger partial charge is 0.0675 e. The molecular weight excluding hydrogens is 220 g/mol. The Morgan fingerprint density at radius 2 is 1.44 bits per heavy atom. The summed E-state index contributed by atoms with van der Waals surface area (Å²) < 4.78 is 2.18. The number of para-hydroxylation sites is 1. The van der Waals surface area contributed by atoms with Crippen LogP contribution in [0.1, 0.15) is 27.7 Å². The first-order valence-corrected chi connectivity index (χ1v) is 6.65. The van der Waals surface area contributed by atoms with E-state index in [0.29, 0.717) is 0 Å². The molecule has 96 valence electrons. The molecule has 0 aliphatic heterocycles. The number of fused-ring (bicyclic) bond motifs is 3. The fraction of sp³-hybridized carbons (Fsp3) is 0.312. The van der Waals surface area contributed by atoms with Crippen molar-refractivity contribution in [2.24, 2.45) is 7.05 Å². The topological polar surface area (TPSA) is 17.8 Å². The average Bonchev–Trinajstić information content (AvgIpc) is 2.78. The lowest BCUT2D eigenvalue weighted by atomic mass is 10.2. The summed E-state index contributed by atoms with van der Waals surface area (Å²) in [5, 5.41) is 2.57. The van der Waals surface area contributed by atoms with Crippen LogP contribution in [-0.2, 0) is 7.05 Å². The van der Waals surface area contributed by atoms with Crippen molar-refractivity contribution in [3.05, 3.63) is 42.7 Å². The first kappa shape index (κ1) is 14.2. The van der Waals surface area contributed by atoms with Crippen LogP contribution >= 0.6 is 0 Å². The van der Waals surface area contributed by atoms with E-state index >= 15 is 0 Å². The van der Waals surface area contributed by atoms with Crippen LogP contribution in [0.5, 0.6) is 0 Å². The van der Waals surface area contributed by atoms with Gasteiger partial charge in [0.15, 0.2) is 0 Å². The molecule has 0 radical (unpaired) electrons. The molecule has 18 heavy (non-hydrogen) atoms. The van der Waals surface area contributed by atoms with Gasteiger partial charge in [-0.1, -0.05) is 45.9 Å². The highest BCUT2D eigenvalue weighted by molar-refractivity contribution is 6.07. The van der Waals surface area contributed by atoms with E-state index < -0.39 is 0 Å². The molecule has 0 N–H and O–H groups in total. The Balaban J connectivity index is 0.000000371. The minimum absolute atomic E-state index is 1.19. The van der Waals surface area contributed by atoms with E-state index in [4.69, 9.17) is 0 Å². The molecule has 0 spiro atoms. The summed E-state index contributed by atoms with van der Waals surface area (Å²) in [6.07, 6.45) is 3.75. The molecule has 2 nitrogen and oxygen atoms in total. The number of hydrogen-bond donors (Lipinski definition) is 0. The number of hydrogen-bond acceptors (Lipinski definition) is 1. The van der Waals surface area contributed by atoms with Gasteiger partial charge in [0.1, 0.15) is 0 Å². The van der Waals surface area contributed by atoms with Gasteiger partial charge in [-0.05, 0) is 12.1 Å². The van der Waals surface area contributed by atoms with Crippen LogP contribution in [-0.4, -0.2) is 9.55 Å². The second-order valence-electron chi connectivity index (χ2n) is 3.47. The van der Waals surface area contributed by atoms with E-state index in [2.05, 4.69) is 46.9 Å². The summed E-state index contributed by atoms with van der Waals surface area (Å²) in [7, 11) is 2.08. The van der Waals surface area contributed by atoms with Crippen LogP contribution in [0.4, 0.5) is 0 Å². The highest BCUT2D eigenvalue weighted by Gasteiger charge is 2.05. The third kappa shape index (κ3) is 2.37. The maximum Gasteiger partial charge on any atom is 0.0675 e. The molecule has 0 bridgehead atoms. The van der Waals surface area contributed by atoms with Crippen molar-refractivity contribution < 1.29 is 0 Å². The van der Waals surface area contributed by atoms with Crippen molar-refractivity contribution >= 4 is 21.8 Å². The zero-order valence-corrected chi connectivity index (χ0v) is 11.9. The van der Waals surface area contributed by atoms with Crippen molar-refractivity contribution in [1.82, 2.24) is 9.55 Å². The van der Waals surface area contributed by atoms with Gasteiger partial charge in [0.05, 0.1) is 11.7 Å². The number of pyridine rings is 1. The molecule has 0 amide bonds. The van der Waals surface area contributed by atoms with E-state index in [1.807, 2.05) is 40.1 Å². The molecule has 2 heteroatoms. The Morgan fingerprint density at radius 1 is 0.833 bits per heavy atom. The molecule has 0 aliphatic carbocycles. The normalized spacial score (nSPS) is 9.39. The zero-order chi connectivity index (χ0) is 13.5. The van der Waals surface area contributed by atoms with Crippen LogP contribution in [0.2, 0.25) is 0 Å². The summed E-state index contributed by atoms with van der Waals surface area (Å²) in [4.78, 5) is 4.15. The second kappa shape index (κ2) is 6.80. The van der Waals surface area contributed by atoms with Gasteiger partial charge in [-0.2, -0.15) is 0 Å². The van der Waals surface area contributed by atoms with Crippen LogP contribution in [0.25, 0.3) is 21.8 Å². The molecule has 2 aromatic heterocycles. The largest absolute Gasteiger partial charge is 0.342 e. The Hall–Kier alpha value is -1.83. The lowest BCUT2D eigenvalue weighted by Gasteiger charge is -1.95. The summed E-state index contributed by atoms with van der Waals surface area (Å²) in [6, 6.07) is 10.5. The molecule has 2 heterocycles. The molecule has 0 saturated heterocycles. The number of nitrogens with zero attached hydrogens (tertiary/aromatic N) is 2. The predicted octanol–water partition coefficient (Wildman–Crippen LogP) is 4.78. The van der Waals surface area contributed by atoms with Gasteiger partial charge in [-0.3, -0.25) is 4.98 Å². The Morgan fingerprint density at radius 3 is 2.17 bits per heavy atom. The standard InChI is InChI=1S/C12H10N2.2C2H6/c1-14-11-5-3-2-4-9(11)10-6-7-13-8-12(10)14;2*1-2/h2-8H,1H3;2*1-2H3. The van der Waals surface area contributed by atoms with E-state index in [-0.39, 0.29) is 0 Å². The van der Waals surface area contributed by atoms with Gasteiger partial charge in [-0.15, -0.1) is 0 Å². The predicted molar refractivity (Wildman–Crippen MR) is 80.9 cm³/mol. The second-order valence-corrected chi connectivity index (χ2v) is 3.47. The highest BCUT2D eigenvalue weighted by Crippen LogP contribution is 2.26. The minimum atomic E-state index is 1.19. The number of rotatable bonds is 0.